The van der Waals surface area contributed by atoms with E-state index in [1.807, 2.05) is 33.8 Å². The number of Topliss-reactive ketones (excluding diaryl/α,β-unsaturated/α-hetero) is 1. The van der Waals surface area contributed by atoms with E-state index < -0.39 is 63.8 Å². The number of aliphatic hydroxyl groups is 2. The van der Waals surface area contributed by atoms with E-state index in [1.165, 1.54) is 24.4 Å². The van der Waals surface area contributed by atoms with Gasteiger partial charge < -0.3 is 55.6 Å². The van der Waals surface area contributed by atoms with Crippen molar-refractivity contribution in [3.63, 3.8) is 0 Å². The summed E-state index contributed by atoms with van der Waals surface area (Å²) in [5.41, 5.74) is 6.30. The Bertz CT molecular complexity index is 2670. The highest BCUT2D eigenvalue weighted by atomic mass is 32.2. The highest BCUT2D eigenvalue weighted by molar-refractivity contribution is 7.85. The maximum Gasteiger partial charge on any atom is 0.327 e. The first-order valence-electron chi connectivity index (χ1n) is 25.4. The van der Waals surface area contributed by atoms with Gasteiger partial charge in [0.1, 0.15) is 35.2 Å². The summed E-state index contributed by atoms with van der Waals surface area (Å²) in [6.07, 6.45) is 10.2. The van der Waals surface area contributed by atoms with Gasteiger partial charge >= 0.3 is 11.8 Å². The Morgan fingerprint density at radius 2 is 1.67 bits per heavy atom. The molecule has 1 spiro atoms. The summed E-state index contributed by atoms with van der Waals surface area (Å²) in [7, 11) is 0.169. The highest BCUT2D eigenvalue weighted by Gasteiger charge is 2.50. The van der Waals surface area contributed by atoms with E-state index in [2.05, 4.69) is 29.0 Å². The van der Waals surface area contributed by atoms with E-state index in [1.54, 1.807) is 32.1 Å². The van der Waals surface area contributed by atoms with Crippen molar-refractivity contribution in [3.8, 4) is 17.2 Å². The summed E-state index contributed by atoms with van der Waals surface area (Å²) < 4.78 is 30.5. The number of aliphatic hydroxyl groups excluding tert-OH is 2. The molecule has 2 saturated heterocycles. The Hall–Kier alpha value is -5.38. The summed E-state index contributed by atoms with van der Waals surface area (Å²) in [5.74, 6) is 2.24. The second-order valence-electron chi connectivity index (χ2n) is 21.0. The van der Waals surface area contributed by atoms with Crippen molar-refractivity contribution < 1.29 is 53.2 Å². The van der Waals surface area contributed by atoms with Gasteiger partial charge in [0.15, 0.2) is 11.4 Å². The molecule has 0 aromatic heterocycles. The van der Waals surface area contributed by atoms with E-state index in [4.69, 9.17) is 40.9 Å². The van der Waals surface area contributed by atoms with Gasteiger partial charge in [-0.05, 0) is 56.4 Å². The average Bonchev–Trinajstić information content (AvgIpc) is 3.84. The first-order chi connectivity index (χ1) is 34.5. The van der Waals surface area contributed by atoms with Gasteiger partial charge in [0.05, 0.1) is 28.7 Å². The molecule has 6 heterocycles. The molecule has 8 rings (SSSR count). The van der Waals surface area contributed by atoms with E-state index in [9.17, 15) is 33.9 Å². The minimum atomic E-state index is -1.92. The first kappa shape index (κ1) is 56.9. The fraction of sp³-hybridized carbons (Fsp3) is 0.604. The molecule has 4 unspecified atom stereocenters. The molecule has 6 aliphatic heterocycles. The van der Waals surface area contributed by atoms with Crippen LogP contribution < -0.4 is 32.3 Å². The highest BCUT2D eigenvalue weighted by Crippen LogP contribution is 2.50. The van der Waals surface area contributed by atoms with Crippen LogP contribution in [0.3, 0.4) is 0 Å². The minimum Gasteiger partial charge on any atom is -0.507 e. The number of likely N-dealkylation sites (tertiary alicyclic amines) is 1. The van der Waals surface area contributed by atoms with Crippen LogP contribution in [0.2, 0.25) is 0 Å². The third-order valence-corrected chi connectivity index (χ3v) is 15.8. The number of phenolic OH excluding ortho intramolecular Hbond substituents is 2. The lowest BCUT2D eigenvalue weighted by Crippen LogP contribution is -2.43. The largest absolute Gasteiger partial charge is 0.507 e. The third-order valence-electron chi connectivity index (χ3n) is 14.5. The second kappa shape index (κ2) is 23.9. The molecular weight excluding hydrogens is 957 g/mol. The van der Waals surface area contributed by atoms with Gasteiger partial charge in [-0.1, -0.05) is 59.8 Å². The van der Waals surface area contributed by atoms with Gasteiger partial charge in [0.25, 0.3) is 11.7 Å². The van der Waals surface area contributed by atoms with Crippen LogP contribution in [0.15, 0.2) is 58.0 Å². The number of rotatable bonds is 8. The summed E-state index contributed by atoms with van der Waals surface area (Å²) in [4.78, 5) is 57.3. The molecule has 9 N–H and O–H groups in total. The maximum atomic E-state index is 14.8. The van der Waals surface area contributed by atoms with Gasteiger partial charge in [-0.25, -0.2) is 5.84 Å². The quantitative estimate of drug-likeness (QED) is 0.0858. The van der Waals surface area contributed by atoms with Gasteiger partial charge in [-0.15, -0.1) is 0 Å². The number of ketones is 1. The molecule has 402 valence electrons. The van der Waals surface area contributed by atoms with Crippen LogP contribution in [0, 0.1) is 36.5 Å². The number of aromatic hydroxyl groups is 2. The number of ether oxygens (including phenoxy) is 3. The van der Waals surface area contributed by atoms with E-state index >= 15 is 0 Å². The number of nitrogens with zero attached hydrogens (tertiary/aromatic N) is 5. The number of allylic oxidation sites excluding steroid dienone is 4. The van der Waals surface area contributed by atoms with Crippen molar-refractivity contribution in [2.75, 3.05) is 69.7 Å². The van der Waals surface area contributed by atoms with Crippen LogP contribution in [0.25, 0.3) is 10.8 Å². The summed E-state index contributed by atoms with van der Waals surface area (Å²) >= 11 is 0. The molecule has 6 aliphatic rings. The summed E-state index contributed by atoms with van der Waals surface area (Å²) in [5, 5.41) is 47.5. The van der Waals surface area contributed by atoms with Crippen LogP contribution in [-0.4, -0.2) is 145 Å². The van der Waals surface area contributed by atoms with Gasteiger partial charge in [0, 0.05) is 123 Å². The number of fused-ring (bicyclic) bond motifs is 13. The molecule has 7 atom stereocenters. The number of amides is 1. The molecule has 5 bridgehead atoms. The average molecular weight is 1040 g/mol. The normalized spacial score (nSPS) is 29.0. The van der Waals surface area contributed by atoms with Crippen molar-refractivity contribution in [3.05, 3.63) is 69.9 Å². The van der Waals surface area contributed by atoms with Crippen LogP contribution in [0.5, 0.6) is 17.2 Å². The topological polar surface area (TPSA) is 275 Å². The van der Waals surface area contributed by atoms with Crippen LogP contribution in [-0.2, 0) is 29.9 Å². The fourth-order valence-corrected chi connectivity index (χ4v) is 11.7. The van der Waals surface area contributed by atoms with Crippen molar-refractivity contribution in [1.82, 2.24) is 14.8 Å². The molecule has 2 aromatic rings. The van der Waals surface area contributed by atoms with Gasteiger partial charge in [-0.3, -0.25) is 33.5 Å². The maximum absolute atomic E-state index is 14.8. The van der Waals surface area contributed by atoms with Crippen LogP contribution in [0.1, 0.15) is 97.0 Å². The number of carbonyl (C=O) groups is 3. The molecule has 2 fully saturated rings. The van der Waals surface area contributed by atoms with E-state index in [0.717, 1.165) is 13.7 Å². The van der Waals surface area contributed by atoms with E-state index in [-0.39, 0.29) is 74.1 Å². The molecule has 0 saturated carbocycles. The smallest absolute Gasteiger partial charge is 0.327 e. The lowest BCUT2D eigenvalue weighted by Gasteiger charge is -2.36. The number of carbonyl (C=O) groups excluding carboxylic acids is 3. The number of hydrogen-bond acceptors (Lipinski definition) is 18. The van der Waals surface area contributed by atoms with Crippen molar-refractivity contribution in [2.45, 2.75) is 112 Å². The Labute approximate surface area is 431 Å². The van der Waals surface area contributed by atoms with Gasteiger partial charge in [0.2, 0.25) is 0 Å². The molecular formula is C53H78N8O11S. The zero-order valence-electron chi connectivity index (χ0n) is 44.1. The number of benzene rings is 2. The number of hydrogen-bond donors (Lipinski definition) is 7. The standard InChI is InChI=1S/C52H74N8O10S.CH4O/c1-29(2)25-58-17-15-52(16-18-58)56-41-38-39-45(63)35(8)48-40(38)49(65)51(9,70-48)68-21-11-14-31(4)47(69-37(61)28-60(54)27-36(53)26-59-19-22-71(67)23-20-59)34(7)44(62)33(6)24-30(3)12-10-13-32(5)50(66)55-43(46(39)64)42(41)57-52;1-2/h10-13,21,27,29-31,33-34,44,47,62-64H,14-20,22-26,28,53-54H2,1-9H3,(H,55,66);2H,1H3/b12-10+,21-11+,32-13-,36-27-;/t30?,31-,33-,34-,44?,47?,51?;/m1./s1. The molecule has 0 radical (unpaired) electrons. The number of anilines is 1. The predicted molar refractivity (Wildman–Crippen MR) is 280 cm³/mol. The summed E-state index contributed by atoms with van der Waals surface area (Å²) in [6, 6.07) is 0. The second-order valence-corrected chi connectivity index (χ2v) is 22.7. The molecule has 73 heavy (non-hydrogen) atoms. The van der Waals surface area contributed by atoms with Crippen molar-refractivity contribution in [1.29, 1.82) is 0 Å². The van der Waals surface area contributed by atoms with Crippen molar-refractivity contribution in [2.24, 2.45) is 51.2 Å². The minimum absolute atomic E-state index is 0.0216. The number of nitrogens with two attached hydrogens (primary N) is 2. The van der Waals surface area contributed by atoms with Crippen molar-refractivity contribution >= 4 is 44.9 Å². The molecule has 20 heteroatoms. The Morgan fingerprint density at radius 3 is 2.33 bits per heavy atom. The monoisotopic (exact) mass is 1030 g/mol. The molecule has 19 nitrogen and oxygen atoms in total. The zero-order chi connectivity index (χ0) is 53.7. The number of nitrogens with one attached hydrogen (secondary N) is 1. The number of esters is 1. The number of hydrazine groups is 1. The molecule has 2 aromatic carbocycles. The third kappa shape index (κ3) is 12.8. The SMILES string of the molecule is C/C1=C/C=C/C(C)C[C@@H](C)C(O)[C@@H](C)C(OC(=O)CN(N)/C=C(\N)CN2CCS(=O)CC2)[C@H](C)C/C=C/OC2(C)Oc3c(C)c(O)c4c(O)c(c5c(c4c3C2=O)=NC2(CCN(CC(C)C)CC2)N=5)NC1=O.CO. The first-order valence-corrected chi connectivity index (χ1v) is 26.9. The molecule has 0 aliphatic carbocycles. The van der Waals surface area contributed by atoms with E-state index in [0.29, 0.717) is 87.1 Å². The Kier molecular flexibility index (Phi) is 18.6. The number of piperidine rings is 1. The Morgan fingerprint density at radius 1 is 1.01 bits per heavy atom. The van der Waals surface area contributed by atoms with Crippen LogP contribution in [0.4, 0.5) is 5.69 Å². The lowest BCUT2D eigenvalue weighted by molar-refractivity contribution is -0.159. The predicted octanol–water partition coefficient (Wildman–Crippen LogP) is 3.78. The molecule has 1 amide bonds. The van der Waals surface area contributed by atoms with Crippen LogP contribution >= 0.6 is 0 Å². The lowest BCUT2D eigenvalue weighted by atomic mass is 9.80. The fourth-order valence-electron chi connectivity index (χ4n) is 10.5. The summed E-state index contributed by atoms with van der Waals surface area (Å²) in [6.45, 7) is 20.4. The van der Waals surface area contributed by atoms with Gasteiger partial charge in [-0.2, -0.15) is 0 Å². The number of phenols is 2. The zero-order valence-corrected chi connectivity index (χ0v) is 45.0. The Balaban J connectivity index is 0.00000429.